The van der Waals surface area contributed by atoms with Crippen molar-refractivity contribution < 1.29 is 9.59 Å². The molecule has 3 rings (SSSR count). The SMILES string of the molecule is C/C(=C\C(=O)N1CCC[C@H]1C(=O)Nc1ccc(Cl)cc1)c1ccccc1. The van der Waals surface area contributed by atoms with Crippen molar-refractivity contribution in [2.24, 2.45) is 0 Å². The summed E-state index contributed by atoms with van der Waals surface area (Å²) in [7, 11) is 0. The van der Waals surface area contributed by atoms with Crippen molar-refractivity contribution in [3.8, 4) is 0 Å². The predicted molar refractivity (Wildman–Crippen MR) is 105 cm³/mol. The van der Waals surface area contributed by atoms with Crippen molar-refractivity contribution in [2.45, 2.75) is 25.8 Å². The molecule has 1 fully saturated rings. The van der Waals surface area contributed by atoms with E-state index in [2.05, 4.69) is 5.32 Å². The molecule has 0 saturated carbocycles. The zero-order valence-corrected chi connectivity index (χ0v) is 15.4. The van der Waals surface area contributed by atoms with Crippen molar-refractivity contribution >= 4 is 34.7 Å². The van der Waals surface area contributed by atoms with Crippen LogP contribution in [0, 0.1) is 0 Å². The van der Waals surface area contributed by atoms with Crippen LogP contribution in [0.5, 0.6) is 0 Å². The summed E-state index contributed by atoms with van der Waals surface area (Å²) in [6.45, 7) is 2.50. The molecule has 0 radical (unpaired) electrons. The number of carbonyl (C=O) groups is 2. The molecule has 134 valence electrons. The number of nitrogens with one attached hydrogen (secondary N) is 1. The number of benzene rings is 2. The second-order valence-corrected chi connectivity index (χ2v) is 6.82. The van der Waals surface area contributed by atoms with Crippen LogP contribution in [0.4, 0.5) is 5.69 Å². The van der Waals surface area contributed by atoms with Crippen LogP contribution in [0.15, 0.2) is 60.7 Å². The molecule has 4 nitrogen and oxygen atoms in total. The average molecular weight is 369 g/mol. The molecule has 2 amide bonds. The fraction of sp³-hybridized carbons (Fsp3) is 0.238. The highest BCUT2D eigenvalue weighted by molar-refractivity contribution is 6.30. The van der Waals surface area contributed by atoms with Crippen LogP contribution in [-0.2, 0) is 9.59 Å². The number of hydrogen-bond acceptors (Lipinski definition) is 2. The second-order valence-electron chi connectivity index (χ2n) is 6.38. The second kappa shape index (κ2) is 8.19. The van der Waals surface area contributed by atoms with Crippen molar-refractivity contribution in [1.29, 1.82) is 0 Å². The average Bonchev–Trinajstić information content (AvgIpc) is 3.14. The molecule has 0 spiro atoms. The maximum absolute atomic E-state index is 12.7. The first-order chi connectivity index (χ1) is 12.5. The van der Waals surface area contributed by atoms with Gasteiger partial charge in [0.05, 0.1) is 0 Å². The number of rotatable bonds is 4. The molecule has 0 aromatic heterocycles. The molecule has 1 aliphatic rings. The van der Waals surface area contributed by atoms with E-state index in [9.17, 15) is 9.59 Å². The maximum atomic E-state index is 12.7. The van der Waals surface area contributed by atoms with E-state index in [1.807, 2.05) is 37.3 Å². The summed E-state index contributed by atoms with van der Waals surface area (Å²) in [5.41, 5.74) is 2.57. The summed E-state index contributed by atoms with van der Waals surface area (Å²) >= 11 is 5.87. The Morgan fingerprint density at radius 2 is 1.81 bits per heavy atom. The van der Waals surface area contributed by atoms with Crippen molar-refractivity contribution in [1.82, 2.24) is 4.90 Å². The largest absolute Gasteiger partial charge is 0.327 e. The van der Waals surface area contributed by atoms with Gasteiger partial charge in [-0.3, -0.25) is 9.59 Å². The summed E-state index contributed by atoms with van der Waals surface area (Å²) in [6, 6.07) is 16.3. The lowest BCUT2D eigenvalue weighted by atomic mass is 10.1. The Labute approximate surface area is 158 Å². The summed E-state index contributed by atoms with van der Waals surface area (Å²) in [4.78, 5) is 27.0. The van der Waals surface area contributed by atoms with Gasteiger partial charge >= 0.3 is 0 Å². The highest BCUT2D eigenvalue weighted by atomic mass is 35.5. The number of nitrogens with zero attached hydrogens (tertiary/aromatic N) is 1. The Morgan fingerprint density at radius 3 is 2.50 bits per heavy atom. The van der Waals surface area contributed by atoms with Gasteiger partial charge in [0, 0.05) is 23.3 Å². The molecule has 0 aliphatic carbocycles. The summed E-state index contributed by atoms with van der Waals surface area (Å²) in [5.74, 6) is -0.288. The van der Waals surface area contributed by atoms with Crippen LogP contribution in [0.2, 0.25) is 5.02 Å². The lowest BCUT2D eigenvalue weighted by Crippen LogP contribution is -2.42. The lowest BCUT2D eigenvalue weighted by Gasteiger charge is -2.23. The summed E-state index contributed by atoms with van der Waals surface area (Å²) < 4.78 is 0. The van der Waals surface area contributed by atoms with Crippen LogP contribution < -0.4 is 5.32 Å². The number of likely N-dealkylation sites (tertiary alicyclic amines) is 1. The molecule has 2 aromatic rings. The lowest BCUT2D eigenvalue weighted by molar-refractivity contribution is -0.132. The minimum absolute atomic E-state index is 0.125. The quantitative estimate of drug-likeness (QED) is 0.814. The van der Waals surface area contributed by atoms with Gasteiger partial charge in [0.25, 0.3) is 0 Å². The van der Waals surface area contributed by atoms with Gasteiger partial charge in [-0.05, 0) is 55.2 Å². The van der Waals surface area contributed by atoms with Gasteiger partial charge in [0.2, 0.25) is 11.8 Å². The van der Waals surface area contributed by atoms with Crippen LogP contribution >= 0.6 is 11.6 Å². The third-order valence-electron chi connectivity index (χ3n) is 4.52. The number of hydrogen-bond donors (Lipinski definition) is 1. The van der Waals surface area contributed by atoms with Gasteiger partial charge in [0.15, 0.2) is 0 Å². The molecule has 0 bridgehead atoms. The van der Waals surface area contributed by atoms with Gasteiger partial charge < -0.3 is 10.2 Å². The van der Waals surface area contributed by atoms with Gasteiger partial charge in [-0.25, -0.2) is 0 Å². The molecule has 1 saturated heterocycles. The highest BCUT2D eigenvalue weighted by Gasteiger charge is 2.33. The Balaban J connectivity index is 1.70. The number of anilines is 1. The first kappa shape index (κ1) is 18.2. The standard InChI is InChI=1S/C21H21ClN2O2/c1-15(16-6-3-2-4-7-16)14-20(25)24-13-5-8-19(24)21(26)23-18-11-9-17(22)10-12-18/h2-4,6-7,9-12,14,19H,5,8,13H2,1H3,(H,23,26)/b15-14+/t19-/m0/s1. The van der Waals surface area contributed by atoms with E-state index in [1.54, 1.807) is 35.2 Å². The van der Waals surface area contributed by atoms with Gasteiger partial charge in [0.1, 0.15) is 6.04 Å². The van der Waals surface area contributed by atoms with E-state index in [0.717, 1.165) is 17.6 Å². The minimum Gasteiger partial charge on any atom is -0.327 e. The van der Waals surface area contributed by atoms with Gasteiger partial charge in [-0.15, -0.1) is 0 Å². The van der Waals surface area contributed by atoms with E-state index in [0.29, 0.717) is 23.7 Å². The molecule has 1 atom stereocenters. The molecule has 0 unspecified atom stereocenters. The molecular formula is C21H21ClN2O2. The Kier molecular flexibility index (Phi) is 5.74. The Hall–Kier alpha value is -2.59. The van der Waals surface area contributed by atoms with Crippen LogP contribution in [0.1, 0.15) is 25.3 Å². The van der Waals surface area contributed by atoms with E-state index >= 15 is 0 Å². The maximum Gasteiger partial charge on any atom is 0.247 e. The zero-order valence-electron chi connectivity index (χ0n) is 14.6. The van der Waals surface area contributed by atoms with E-state index in [-0.39, 0.29) is 11.8 Å². The zero-order chi connectivity index (χ0) is 18.5. The number of halogens is 1. The summed E-state index contributed by atoms with van der Waals surface area (Å²) in [5, 5.41) is 3.48. The fourth-order valence-corrected chi connectivity index (χ4v) is 3.24. The van der Waals surface area contributed by atoms with Gasteiger partial charge in [-0.1, -0.05) is 41.9 Å². The molecular weight excluding hydrogens is 348 g/mol. The first-order valence-corrected chi connectivity index (χ1v) is 9.03. The van der Waals surface area contributed by atoms with E-state index in [4.69, 9.17) is 11.6 Å². The third kappa shape index (κ3) is 4.33. The normalized spacial score (nSPS) is 17.2. The first-order valence-electron chi connectivity index (χ1n) is 8.65. The molecule has 2 aromatic carbocycles. The number of allylic oxidation sites excluding steroid dienone is 1. The minimum atomic E-state index is -0.446. The van der Waals surface area contributed by atoms with Crippen molar-refractivity contribution in [3.63, 3.8) is 0 Å². The topological polar surface area (TPSA) is 49.4 Å². The Morgan fingerprint density at radius 1 is 1.12 bits per heavy atom. The van der Waals surface area contributed by atoms with Crippen molar-refractivity contribution in [3.05, 3.63) is 71.3 Å². The molecule has 1 aliphatic heterocycles. The van der Waals surface area contributed by atoms with Crippen LogP contribution in [0.25, 0.3) is 5.57 Å². The van der Waals surface area contributed by atoms with E-state index < -0.39 is 6.04 Å². The Bertz CT molecular complexity index is 816. The number of carbonyl (C=O) groups excluding carboxylic acids is 2. The molecule has 26 heavy (non-hydrogen) atoms. The summed E-state index contributed by atoms with van der Waals surface area (Å²) in [6.07, 6.45) is 3.11. The monoisotopic (exact) mass is 368 g/mol. The smallest absolute Gasteiger partial charge is 0.247 e. The molecule has 5 heteroatoms. The van der Waals surface area contributed by atoms with Gasteiger partial charge in [-0.2, -0.15) is 0 Å². The molecule has 1 heterocycles. The highest BCUT2D eigenvalue weighted by Crippen LogP contribution is 2.22. The third-order valence-corrected chi connectivity index (χ3v) is 4.77. The van der Waals surface area contributed by atoms with E-state index in [1.165, 1.54) is 0 Å². The van der Waals surface area contributed by atoms with Crippen LogP contribution in [-0.4, -0.2) is 29.3 Å². The molecule has 1 N–H and O–H groups in total. The fourth-order valence-electron chi connectivity index (χ4n) is 3.11. The van der Waals surface area contributed by atoms with Crippen molar-refractivity contribution in [2.75, 3.05) is 11.9 Å². The predicted octanol–water partition coefficient (Wildman–Crippen LogP) is 4.37. The number of amides is 2. The van der Waals surface area contributed by atoms with Crippen LogP contribution in [0.3, 0.4) is 0 Å².